The van der Waals surface area contributed by atoms with Gasteiger partial charge < -0.3 is 14.6 Å². The van der Waals surface area contributed by atoms with Crippen LogP contribution < -0.4 is 5.32 Å². The van der Waals surface area contributed by atoms with Gasteiger partial charge in [0.1, 0.15) is 5.58 Å². The fourth-order valence-electron chi connectivity index (χ4n) is 3.60. The lowest BCUT2D eigenvalue weighted by atomic mass is 10.0. The molecule has 1 amide bonds. The molecule has 1 fully saturated rings. The largest absolute Gasteiger partial charge is 0.464 e. The van der Waals surface area contributed by atoms with Crippen LogP contribution in [-0.4, -0.2) is 61.5 Å². The van der Waals surface area contributed by atoms with Crippen molar-refractivity contribution in [2.24, 2.45) is 0 Å². The van der Waals surface area contributed by atoms with Crippen LogP contribution in [0.4, 0.5) is 0 Å². The number of carbonyl (C=O) groups excluding carboxylic acids is 1. The first-order valence-electron chi connectivity index (χ1n) is 9.64. The molecular weight excluding hydrogens is 326 g/mol. The predicted molar refractivity (Wildman–Crippen MR) is 106 cm³/mol. The monoisotopic (exact) mass is 357 g/mol. The third kappa shape index (κ3) is 4.27. The van der Waals surface area contributed by atoms with Gasteiger partial charge in [0, 0.05) is 49.7 Å². The fourth-order valence-corrected chi connectivity index (χ4v) is 3.60. The Hall–Kier alpha value is -1.85. The van der Waals surface area contributed by atoms with Crippen LogP contribution in [0, 0.1) is 13.8 Å². The first-order valence-corrected chi connectivity index (χ1v) is 9.64. The third-order valence-corrected chi connectivity index (χ3v) is 5.63. The Labute approximate surface area is 156 Å². The van der Waals surface area contributed by atoms with E-state index in [-0.39, 0.29) is 11.9 Å². The van der Waals surface area contributed by atoms with Gasteiger partial charge in [0.05, 0.1) is 12.7 Å². The van der Waals surface area contributed by atoms with Crippen molar-refractivity contribution in [1.82, 2.24) is 15.1 Å². The molecule has 0 saturated carbocycles. The highest BCUT2D eigenvalue weighted by Gasteiger charge is 2.20. The maximum Gasteiger partial charge on any atom is 0.224 e. The highest BCUT2D eigenvalue weighted by atomic mass is 16.3. The molecule has 5 nitrogen and oxygen atoms in total. The first-order chi connectivity index (χ1) is 12.5. The van der Waals surface area contributed by atoms with Crippen molar-refractivity contribution < 1.29 is 9.21 Å². The zero-order valence-electron chi connectivity index (χ0n) is 16.5. The minimum absolute atomic E-state index is 0.0758. The summed E-state index contributed by atoms with van der Waals surface area (Å²) in [6.07, 6.45) is 3.05. The number of nitrogens with one attached hydrogen (secondary N) is 1. The molecule has 1 saturated heterocycles. The maximum atomic E-state index is 12.6. The molecule has 5 heteroatoms. The summed E-state index contributed by atoms with van der Waals surface area (Å²) in [5, 5.41) is 4.27. The molecule has 1 aromatic carbocycles. The number of hydrogen-bond donors (Lipinski definition) is 1. The smallest absolute Gasteiger partial charge is 0.224 e. The van der Waals surface area contributed by atoms with Crippen LogP contribution in [0.5, 0.6) is 0 Å². The quantitative estimate of drug-likeness (QED) is 0.864. The number of amides is 1. The predicted octanol–water partition coefficient (Wildman–Crippen LogP) is 2.73. The average molecular weight is 357 g/mol. The number of piperazine rings is 1. The second-order valence-electron chi connectivity index (χ2n) is 7.60. The zero-order valence-corrected chi connectivity index (χ0v) is 16.5. The number of nitrogens with zero attached hydrogens (tertiary/aromatic N) is 2. The molecule has 0 radical (unpaired) electrons. The van der Waals surface area contributed by atoms with E-state index in [1.54, 1.807) is 6.26 Å². The van der Waals surface area contributed by atoms with Crippen LogP contribution in [0.25, 0.3) is 11.0 Å². The van der Waals surface area contributed by atoms with Gasteiger partial charge in [-0.3, -0.25) is 9.69 Å². The van der Waals surface area contributed by atoms with Crippen molar-refractivity contribution in [1.29, 1.82) is 0 Å². The van der Waals surface area contributed by atoms with Gasteiger partial charge in [-0.1, -0.05) is 19.1 Å². The highest BCUT2D eigenvalue weighted by Crippen LogP contribution is 2.26. The SMILES string of the molecule is CC[C@@H](CN1CCN(C)CC1)NC(=O)Cc1coc2c(C)c(C)ccc12. The molecule has 3 rings (SSSR count). The Kier molecular flexibility index (Phi) is 5.99. The Morgan fingerprint density at radius 2 is 1.96 bits per heavy atom. The van der Waals surface area contributed by atoms with Gasteiger partial charge in [-0.15, -0.1) is 0 Å². The average Bonchev–Trinajstić information content (AvgIpc) is 3.02. The molecule has 0 unspecified atom stereocenters. The maximum absolute atomic E-state index is 12.6. The number of fused-ring (bicyclic) bond motifs is 1. The molecule has 2 heterocycles. The van der Waals surface area contributed by atoms with Gasteiger partial charge in [-0.2, -0.15) is 0 Å². The Bertz CT molecular complexity index is 760. The molecule has 1 N–H and O–H groups in total. The summed E-state index contributed by atoms with van der Waals surface area (Å²) in [5.41, 5.74) is 4.23. The second kappa shape index (κ2) is 8.23. The molecule has 0 bridgehead atoms. The summed E-state index contributed by atoms with van der Waals surface area (Å²) in [7, 11) is 2.16. The van der Waals surface area contributed by atoms with Crippen molar-refractivity contribution in [3.8, 4) is 0 Å². The molecule has 26 heavy (non-hydrogen) atoms. The number of likely N-dealkylation sites (N-methyl/N-ethyl adjacent to an activating group) is 1. The number of carbonyl (C=O) groups is 1. The molecule has 2 aromatic rings. The zero-order chi connectivity index (χ0) is 18.7. The lowest BCUT2D eigenvalue weighted by Gasteiger charge is -2.34. The van der Waals surface area contributed by atoms with E-state index in [0.717, 1.165) is 61.2 Å². The fraction of sp³-hybridized carbons (Fsp3) is 0.571. The Morgan fingerprint density at radius 1 is 1.23 bits per heavy atom. The molecule has 1 aromatic heterocycles. The highest BCUT2D eigenvalue weighted by molar-refractivity contribution is 5.89. The van der Waals surface area contributed by atoms with E-state index in [1.807, 2.05) is 0 Å². The molecule has 0 spiro atoms. The van der Waals surface area contributed by atoms with E-state index in [1.165, 1.54) is 5.56 Å². The molecular formula is C21H31N3O2. The summed E-state index contributed by atoms with van der Waals surface area (Å²) in [4.78, 5) is 17.4. The number of hydrogen-bond acceptors (Lipinski definition) is 4. The number of benzene rings is 1. The van der Waals surface area contributed by atoms with Crippen molar-refractivity contribution >= 4 is 16.9 Å². The molecule has 0 aliphatic carbocycles. The third-order valence-electron chi connectivity index (χ3n) is 5.63. The van der Waals surface area contributed by atoms with E-state index in [0.29, 0.717) is 6.42 Å². The number of furan rings is 1. The lowest BCUT2D eigenvalue weighted by Crippen LogP contribution is -2.50. The Balaban J connectivity index is 1.60. The van der Waals surface area contributed by atoms with Crippen molar-refractivity contribution in [2.75, 3.05) is 39.8 Å². The van der Waals surface area contributed by atoms with Crippen LogP contribution in [0.2, 0.25) is 0 Å². The van der Waals surface area contributed by atoms with E-state index in [2.05, 4.69) is 55.1 Å². The van der Waals surface area contributed by atoms with Gasteiger partial charge in [0.15, 0.2) is 0 Å². The van der Waals surface area contributed by atoms with Crippen molar-refractivity contribution in [2.45, 2.75) is 39.7 Å². The molecule has 1 aliphatic heterocycles. The topological polar surface area (TPSA) is 48.7 Å². The minimum Gasteiger partial charge on any atom is -0.464 e. The summed E-state index contributed by atoms with van der Waals surface area (Å²) < 4.78 is 5.73. The van der Waals surface area contributed by atoms with E-state index < -0.39 is 0 Å². The van der Waals surface area contributed by atoms with E-state index >= 15 is 0 Å². The summed E-state index contributed by atoms with van der Waals surface area (Å²) in [5.74, 6) is 0.0758. The molecule has 142 valence electrons. The first kappa shape index (κ1) is 18.9. The van der Waals surface area contributed by atoms with Crippen LogP contribution in [-0.2, 0) is 11.2 Å². The van der Waals surface area contributed by atoms with Gasteiger partial charge in [0.25, 0.3) is 0 Å². The number of aryl methyl sites for hydroxylation is 2. The summed E-state index contributed by atoms with van der Waals surface area (Å²) in [6.45, 7) is 11.6. The van der Waals surface area contributed by atoms with Crippen LogP contribution in [0.1, 0.15) is 30.0 Å². The summed E-state index contributed by atoms with van der Waals surface area (Å²) in [6, 6.07) is 4.36. The van der Waals surface area contributed by atoms with Crippen molar-refractivity contribution in [3.63, 3.8) is 0 Å². The summed E-state index contributed by atoms with van der Waals surface area (Å²) >= 11 is 0. The van der Waals surface area contributed by atoms with E-state index in [4.69, 9.17) is 4.42 Å². The van der Waals surface area contributed by atoms with Gasteiger partial charge >= 0.3 is 0 Å². The Morgan fingerprint density at radius 3 is 2.65 bits per heavy atom. The second-order valence-corrected chi connectivity index (χ2v) is 7.60. The lowest BCUT2D eigenvalue weighted by molar-refractivity contribution is -0.121. The van der Waals surface area contributed by atoms with E-state index in [9.17, 15) is 4.79 Å². The normalized spacial score (nSPS) is 17.5. The minimum atomic E-state index is 0.0758. The van der Waals surface area contributed by atoms with Gasteiger partial charge in [0.2, 0.25) is 5.91 Å². The van der Waals surface area contributed by atoms with Crippen LogP contribution in [0.3, 0.4) is 0 Å². The van der Waals surface area contributed by atoms with Crippen molar-refractivity contribution in [3.05, 3.63) is 35.1 Å². The molecule has 1 aliphatic rings. The molecule has 1 atom stereocenters. The van der Waals surface area contributed by atoms with Gasteiger partial charge in [-0.05, 0) is 38.4 Å². The van der Waals surface area contributed by atoms with Gasteiger partial charge in [-0.25, -0.2) is 0 Å². The number of rotatable bonds is 6. The van der Waals surface area contributed by atoms with Crippen LogP contribution in [0.15, 0.2) is 22.8 Å². The van der Waals surface area contributed by atoms with Crippen LogP contribution >= 0.6 is 0 Å². The standard InChI is InChI=1S/C21H31N3O2/c1-5-18(13-24-10-8-23(4)9-11-24)22-20(25)12-17-14-26-21-16(3)15(2)6-7-19(17)21/h6-7,14,18H,5,8-13H2,1-4H3,(H,22,25)/t18-/m0/s1.